The Balaban J connectivity index is 2.08. The Hall–Kier alpha value is -1.33. The van der Waals surface area contributed by atoms with Gasteiger partial charge in [0.05, 0.1) is 12.0 Å². The molecule has 0 N–H and O–H groups in total. The van der Waals surface area contributed by atoms with Gasteiger partial charge in [0.15, 0.2) is 0 Å². The van der Waals surface area contributed by atoms with E-state index < -0.39 is 0 Å². The van der Waals surface area contributed by atoms with Gasteiger partial charge >= 0.3 is 0 Å². The highest BCUT2D eigenvalue weighted by atomic mass is 15.2. The van der Waals surface area contributed by atoms with E-state index in [0.717, 1.165) is 19.5 Å². The van der Waals surface area contributed by atoms with Gasteiger partial charge in [0.25, 0.3) is 0 Å². The molecule has 2 rings (SSSR count). The maximum absolute atomic E-state index is 9.11. The summed E-state index contributed by atoms with van der Waals surface area (Å²) in [6, 6.07) is 13.4. The lowest BCUT2D eigenvalue weighted by molar-refractivity contribution is 0.205. The molecule has 0 aromatic heterocycles. The van der Waals surface area contributed by atoms with Crippen LogP contribution < -0.4 is 0 Å². The highest BCUT2D eigenvalue weighted by Gasteiger charge is 2.22. The van der Waals surface area contributed by atoms with E-state index in [4.69, 9.17) is 5.26 Å². The summed E-state index contributed by atoms with van der Waals surface area (Å²) in [5, 5.41) is 9.11. The molecule has 1 aliphatic rings. The van der Waals surface area contributed by atoms with E-state index in [1.54, 1.807) is 0 Å². The lowest BCUT2D eigenvalue weighted by Gasteiger charge is -2.28. The molecule has 2 nitrogen and oxygen atoms in total. The van der Waals surface area contributed by atoms with Crippen LogP contribution in [-0.2, 0) is 0 Å². The molecule has 0 amide bonds. The summed E-state index contributed by atoms with van der Waals surface area (Å²) in [6.07, 6.45) is 3.47. The normalized spacial score (nSPS) is 23.6. The lowest BCUT2D eigenvalue weighted by Crippen LogP contribution is -2.30. The quantitative estimate of drug-likeness (QED) is 0.776. The third-order valence-electron chi connectivity index (χ3n) is 3.72. The average Bonchev–Trinajstić information content (AvgIpc) is 2.64. The van der Waals surface area contributed by atoms with Crippen LogP contribution in [0.2, 0.25) is 0 Å². The van der Waals surface area contributed by atoms with Crippen LogP contribution in [0.15, 0.2) is 30.3 Å². The van der Waals surface area contributed by atoms with Crippen molar-refractivity contribution < 1.29 is 0 Å². The van der Waals surface area contributed by atoms with E-state index in [0.29, 0.717) is 6.04 Å². The van der Waals surface area contributed by atoms with Gasteiger partial charge in [-0.25, -0.2) is 0 Å². The highest BCUT2D eigenvalue weighted by molar-refractivity contribution is 5.18. The molecule has 2 atom stereocenters. The fourth-order valence-corrected chi connectivity index (χ4v) is 2.57. The SMILES string of the molecule is C[C@H](c1ccccc1)N1CCCC[C@H](C#N)C1. The van der Waals surface area contributed by atoms with Crippen LogP contribution in [0.4, 0.5) is 0 Å². The molecule has 0 radical (unpaired) electrons. The van der Waals surface area contributed by atoms with Crippen molar-refractivity contribution in [3.8, 4) is 6.07 Å². The molecule has 0 spiro atoms. The smallest absolute Gasteiger partial charge is 0.0669 e. The van der Waals surface area contributed by atoms with Crippen molar-refractivity contribution in [2.75, 3.05) is 13.1 Å². The minimum absolute atomic E-state index is 0.212. The van der Waals surface area contributed by atoms with Gasteiger partial charge in [-0.2, -0.15) is 5.26 Å². The first-order valence-electron chi connectivity index (χ1n) is 6.50. The van der Waals surface area contributed by atoms with Gasteiger partial charge in [-0.05, 0) is 31.9 Å². The fraction of sp³-hybridized carbons (Fsp3) is 0.533. The average molecular weight is 228 g/mol. The summed E-state index contributed by atoms with van der Waals surface area (Å²) in [5.74, 6) is 0.212. The fourth-order valence-electron chi connectivity index (χ4n) is 2.57. The topological polar surface area (TPSA) is 27.0 Å². The summed E-state index contributed by atoms with van der Waals surface area (Å²) in [7, 11) is 0. The number of nitriles is 1. The van der Waals surface area contributed by atoms with Gasteiger partial charge in [-0.15, -0.1) is 0 Å². The van der Waals surface area contributed by atoms with Crippen LogP contribution in [0.5, 0.6) is 0 Å². The first-order chi connectivity index (χ1) is 8.31. The second-order valence-electron chi connectivity index (χ2n) is 4.90. The minimum Gasteiger partial charge on any atom is -0.295 e. The molecule has 1 aromatic carbocycles. The summed E-state index contributed by atoms with van der Waals surface area (Å²) in [4.78, 5) is 2.45. The monoisotopic (exact) mass is 228 g/mol. The summed E-state index contributed by atoms with van der Waals surface area (Å²) >= 11 is 0. The molecule has 1 fully saturated rings. The first kappa shape index (κ1) is 12.1. The van der Waals surface area contributed by atoms with Crippen molar-refractivity contribution in [3.63, 3.8) is 0 Å². The first-order valence-corrected chi connectivity index (χ1v) is 6.50. The second-order valence-corrected chi connectivity index (χ2v) is 4.90. The Morgan fingerprint density at radius 2 is 2.06 bits per heavy atom. The predicted molar refractivity (Wildman–Crippen MR) is 69.4 cm³/mol. The van der Waals surface area contributed by atoms with E-state index in [-0.39, 0.29) is 5.92 Å². The number of benzene rings is 1. The molecule has 0 bridgehead atoms. The molecular formula is C15H20N2. The second kappa shape index (κ2) is 5.84. The molecular weight excluding hydrogens is 208 g/mol. The largest absolute Gasteiger partial charge is 0.295 e. The summed E-state index contributed by atoms with van der Waals surface area (Å²) in [5.41, 5.74) is 1.35. The standard InChI is InChI=1S/C15H20N2/c1-13(15-8-3-2-4-9-15)17-10-6-5-7-14(11-16)12-17/h2-4,8-9,13-14H,5-7,10,12H2,1H3/t13-,14-/m1/s1. The van der Waals surface area contributed by atoms with Crippen LogP contribution in [-0.4, -0.2) is 18.0 Å². The zero-order valence-corrected chi connectivity index (χ0v) is 10.5. The predicted octanol–water partition coefficient (Wildman–Crippen LogP) is 3.37. The number of nitrogens with zero attached hydrogens (tertiary/aromatic N) is 2. The molecule has 2 heteroatoms. The van der Waals surface area contributed by atoms with Crippen LogP contribution in [0.3, 0.4) is 0 Å². The third-order valence-corrected chi connectivity index (χ3v) is 3.72. The molecule has 1 saturated heterocycles. The molecule has 1 aromatic rings. The van der Waals surface area contributed by atoms with Crippen molar-refractivity contribution in [1.82, 2.24) is 4.90 Å². The van der Waals surface area contributed by atoms with Crippen LogP contribution in [0.1, 0.15) is 37.8 Å². The van der Waals surface area contributed by atoms with E-state index in [2.05, 4.69) is 48.2 Å². The maximum Gasteiger partial charge on any atom is 0.0669 e. The summed E-state index contributed by atoms with van der Waals surface area (Å²) < 4.78 is 0. The van der Waals surface area contributed by atoms with Crippen molar-refractivity contribution in [3.05, 3.63) is 35.9 Å². The number of hydrogen-bond donors (Lipinski definition) is 0. The Morgan fingerprint density at radius 1 is 1.29 bits per heavy atom. The van der Waals surface area contributed by atoms with Crippen LogP contribution in [0.25, 0.3) is 0 Å². The van der Waals surface area contributed by atoms with Crippen molar-refractivity contribution >= 4 is 0 Å². The van der Waals surface area contributed by atoms with Crippen LogP contribution in [0, 0.1) is 17.2 Å². The zero-order chi connectivity index (χ0) is 12.1. The number of rotatable bonds is 2. The minimum atomic E-state index is 0.212. The zero-order valence-electron chi connectivity index (χ0n) is 10.5. The molecule has 0 saturated carbocycles. The molecule has 90 valence electrons. The van der Waals surface area contributed by atoms with Crippen LogP contribution >= 0.6 is 0 Å². The lowest BCUT2D eigenvalue weighted by atomic mass is 10.0. The molecule has 0 aliphatic carbocycles. The molecule has 1 heterocycles. The van der Waals surface area contributed by atoms with E-state index in [1.165, 1.54) is 18.4 Å². The van der Waals surface area contributed by atoms with Gasteiger partial charge in [-0.1, -0.05) is 36.8 Å². The van der Waals surface area contributed by atoms with Crippen molar-refractivity contribution in [2.24, 2.45) is 5.92 Å². The molecule has 0 unspecified atom stereocenters. The Morgan fingerprint density at radius 3 is 2.76 bits per heavy atom. The third kappa shape index (κ3) is 3.08. The Kier molecular flexibility index (Phi) is 4.17. The van der Waals surface area contributed by atoms with Gasteiger partial charge in [0.1, 0.15) is 0 Å². The van der Waals surface area contributed by atoms with Crippen molar-refractivity contribution in [1.29, 1.82) is 5.26 Å². The summed E-state index contributed by atoms with van der Waals surface area (Å²) in [6.45, 7) is 4.29. The molecule has 1 aliphatic heterocycles. The van der Waals surface area contributed by atoms with Gasteiger partial charge in [-0.3, -0.25) is 4.90 Å². The van der Waals surface area contributed by atoms with E-state index in [9.17, 15) is 0 Å². The number of hydrogen-bond acceptors (Lipinski definition) is 2. The Bertz CT molecular complexity index is 380. The Labute approximate surface area is 104 Å². The maximum atomic E-state index is 9.11. The van der Waals surface area contributed by atoms with Gasteiger partial charge < -0.3 is 0 Å². The van der Waals surface area contributed by atoms with E-state index in [1.807, 2.05) is 0 Å². The van der Waals surface area contributed by atoms with E-state index >= 15 is 0 Å². The molecule has 17 heavy (non-hydrogen) atoms. The van der Waals surface area contributed by atoms with Gasteiger partial charge in [0.2, 0.25) is 0 Å². The van der Waals surface area contributed by atoms with Crippen molar-refractivity contribution in [2.45, 2.75) is 32.2 Å². The van der Waals surface area contributed by atoms with Gasteiger partial charge in [0, 0.05) is 12.6 Å². The highest BCUT2D eigenvalue weighted by Crippen LogP contribution is 2.25. The number of likely N-dealkylation sites (tertiary alicyclic amines) is 1.